The van der Waals surface area contributed by atoms with E-state index in [-0.39, 0.29) is 28.2 Å². The summed E-state index contributed by atoms with van der Waals surface area (Å²) in [6.07, 6.45) is -4.88. The van der Waals surface area contributed by atoms with E-state index >= 15 is 0 Å². The van der Waals surface area contributed by atoms with Crippen LogP contribution in [0, 0.1) is 0 Å². The van der Waals surface area contributed by atoms with Crippen LogP contribution in [0.25, 0.3) is 0 Å². The van der Waals surface area contributed by atoms with Crippen LogP contribution in [0.5, 0.6) is 5.75 Å². The van der Waals surface area contributed by atoms with E-state index in [1.54, 1.807) is 6.07 Å². The number of carbonyl (C=O) groups excluding carboxylic acids is 2. The number of nitrogens with one attached hydrogen (secondary N) is 2. The molecule has 0 saturated carbocycles. The second kappa shape index (κ2) is 9.41. The number of ether oxygens (including phenoxy) is 1. The Labute approximate surface area is 186 Å². The molecule has 7 nitrogen and oxygen atoms in total. The first-order valence-electron chi connectivity index (χ1n) is 9.40. The van der Waals surface area contributed by atoms with E-state index in [2.05, 4.69) is 15.4 Å². The van der Waals surface area contributed by atoms with Gasteiger partial charge in [0, 0.05) is 28.7 Å². The lowest BCUT2D eigenvalue weighted by atomic mass is 10.3. The molecule has 32 heavy (non-hydrogen) atoms. The van der Waals surface area contributed by atoms with Gasteiger partial charge in [-0.3, -0.25) is 9.59 Å². The number of fused-ring (bicyclic) bond motifs is 1. The number of hydrogen-bond acceptors (Lipinski definition) is 6. The lowest BCUT2D eigenvalue weighted by Crippen LogP contribution is -2.18. The molecule has 1 aliphatic heterocycles. The van der Waals surface area contributed by atoms with Crippen molar-refractivity contribution in [3.8, 4) is 5.75 Å². The molecule has 3 rings (SSSR count). The van der Waals surface area contributed by atoms with Crippen molar-refractivity contribution >= 4 is 44.8 Å². The van der Waals surface area contributed by atoms with Crippen LogP contribution in [0.2, 0.25) is 0 Å². The molecule has 0 aliphatic carbocycles. The van der Waals surface area contributed by atoms with Crippen LogP contribution in [-0.4, -0.2) is 37.6 Å². The molecule has 172 valence electrons. The van der Waals surface area contributed by atoms with Gasteiger partial charge in [0.1, 0.15) is 5.75 Å². The molecule has 2 N–H and O–H groups in total. The summed E-state index contributed by atoms with van der Waals surface area (Å²) in [4.78, 5) is 24.8. The molecule has 0 aromatic heterocycles. The number of alkyl halides is 3. The number of halogens is 3. The lowest BCUT2D eigenvalue weighted by molar-refractivity contribution is -0.274. The van der Waals surface area contributed by atoms with Crippen molar-refractivity contribution in [1.29, 1.82) is 0 Å². The smallest absolute Gasteiger partial charge is 0.406 e. The van der Waals surface area contributed by atoms with Gasteiger partial charge in [0.15, 0.2) is 9.84 Å². The van der Waals surface area contributed by atoms with Gasteiger partial charge in [0.25, 0.3) is 0 Å². The predicted molar refractivity (Wildman–Crippen MR) is 113 cm³/mol. The fourth-order valence-corrected chi connectivity index (χ4v) is 5.25. The number of anilines is 2. The monoisotopic (exact) mass is 488 g/mol. The van der Waals surface area contributed by atoms with Gasteiger partial charge < -0.3 is 15.4 Å². The molecular formula is C20H19F3N2O5S2. The summed E-state index contributed by atoms with van der Waals surface area (Å²) in [5.41, 5.74) is 0.608. The molecule has 1 atom stereocenters. The van der Waals surface area contributed by atoms with Crippen LogP contribution in [0.15, 0.2) is 52.3 Å². The average molecular weight is 489 g/mol. The van der Waals surface area contributed by atoms with E-state index < -0.39 is 33.6 Å². The molecule has 12 heteroatoms. The largest absolute Gasteiger partial charge is 0.573 e. The van der Waals surface area contributed by atoms with E-state index in [0.29, 0.717) is 12.1 Å². The second-order valence-corrected chi connectivity index (χ2v) is 10.6. The van der Waals surface area contributed by atoms with Crippen molar-refractivity contribution in [3.63, 3.8) is 0 Å². The highest BCUT2D eigenvalue weighted by atomic mass is 32.2. The fourth-order valence-electron chi connectivity index (χ4n) is 2.93. The average Bonchev–Trinajstić information content (AvgIpc) is 2.82. The van der Waals surface area contributed by atoms with Crippen molar-refractivity contribution in [2.75, 3.05) is 16.4 Å². The minimum atomic E-state index is -4.82. The number of sulfone groups is 1. The summed E-state index contributed by atoms with van der Waals surface area (Å²) >= 11 is 1.47. The van der Waals surface area contributed by atoms with E-state index in [4.69, 9.17) is 0 Å². The van der Waals surface area contributed by atoms with Gasteiger partial charge in [-0.2, -0.15) is 0 Å². The Bertz CT molecular complexity index is 1120. The molecule has 0 fully saturated rings. The van der Waals surface area contributed by atoms with Crippen LogP contribution in [0.4, 0.5) is 24.5 Å². The molecule has 1 heterocycles. The zero-order valence-corrected chi connectivity index (χ0v) is 18.4. The Morgan fingerprint density at radius 2 is 1.91 bits per heavy atom. The number of rotatable bonds is 6. The number of amides is 2. The number of benzene rings is 2. The molecule has 0 radical (unpaired) electrons. The van der Waals surface area contributed by atoms with Crippen molar-refractivity contribution in [2.24, 2.45) is 0 Å². The predicted octanol–water partition coefficient (Wildman–Crippen LogP) is 4.21. The molecule has 1 aliphatic rings. The first kappa shape index (κ1) is 23.9. The van der Waals surface area contributed by atoms with Gasteiger partial charge in [-0.25, -0.2) is 8.42 Å². The first-order chi connectivity index (χ1) is 14.9. The molecule has 2 aromatic carbocycles. The highest BCUT2D eigenvalue weighted by molar-refractivity contribution is 8.00. The molecule has 0 spiro atoms. The van der Waals surface area contributed by atoms with Crippen molar-refractivity contribution in [3.05, 3.63) is 42.5 Å². The summed E-state index contributed by atoms with van der Waals surface area (Å²) < 4.78 is 65.6. The summed E-state index contributed by atoms with van der Waals surface area (Å²) in [5, 5.41) is 5.17. The minimum Gasteiger partial charge on any atom is -0.406 e. The van der Waals surface area contributed by atoms with E-state index in [1.807, 2.05) is 6.92 Å². The van der Waals surface area contributed by atoms with Crippen LogP contribution in [0.1, 0.15) is 19.8 Å². The third-order valence-electron chi connectivity index (χ3n) is 4.35. The van der Waals surface area contributed by atoms with Gasteiger partial charge in [-0.05, 0) is 42.5 Å². The normalized spacial score (nSPS) is 16.5. The molecule has 2 amide bonds. The van der Waals surface area contributed by atoms with Crippen molar-refractivity contribution in [1.82, 2.24) is 0 Å². The minimum absolute atomic E-state index is 0.0202. The van der Waals surface area contributed by atoms with Gasteiger partial charge in [0.05, 0.1) is 16.3 Å². The Balaban J connectivity index is 1.61. The zero-order valence-electron chi connectivity index (χ0n) is 16.7. The second-order valence-electron chi connectivity index (χ2n) is 7.03. The van der Waals surface area contributed by atoms with Gasteiger partial charge >= 0.3 is 6.36 Å². The summed E-state index contributed by atoms with van der Waals surface area (Å²) in [6, 6.07) is 8.92. The molecule has 0 saturated heterocycles. The van der Waals surface area contributed by atoms with E-state index in [1.165, 1.54) is 36.0 Å². The standard InChI is InChI=1S/C20H19F3N2O5S2/c1-12-10-19(27)25-16-11-15(6-7-17(16)31-12)32(28,29)9-8-18(26)24-13-2-4-14(5-3-13)30-20(21,22)23/h2-7,11-12H,8-10H2,1H3,(H,24,26)(H,25,27)/t12-/m1/s1. The van der Waals surface area contributed by atoms with Gasteiger partial charge in [0.2, 0.25) is 11.8 Å². The maximum Gasteiger partial charge on any atom is 0.573 e. The topological polar surface area (TPSA) is 102 Å². The molecular weight excluding hydrogens is 469 g/mol. The number of hydrogen-bond donors (Lipinski definition) is 2. The molecule has 0 bridgehead atoms. The number of carbonyl (C=O) groups is 2. The Hall–Kier alpha value is -2.73. The quantitative estimate of drug-likeness (QED) is 0.632. The Morgan fingerprint density at radius 3 is 2.56 bits per heavy atom. The van der Waals surface area contributed by atoms with Crippen LogP contribution >= 0.6 is 11.8 Å². The highest BCUT2D eigenvalue weighted by Gasteiger charge is 2.31. The summed E-state index contributed by atoms with van der Waals surface area (Å²) in [5.74, 6) is -1.75. The van der Waals surface area contributed by atoms with E-state index in [9.17, 15) is 31.2 Å². The van der Waals surface area contributed by atoms with Crippen LogP contribution < -0.4 is 15.4 Å². The van der Waals surface area contributed by atoms with Crippen molar-refractivity contribution < 1.29 is 35.9 Å². The fraction of sp³-hybridized carbons (Fsp3) is 0.300. The zero-order chi connectivity index (χ0) is 23.5. The van der Waals surface area contributed by atoms with E-state index in [0.717, 1.165) is 17.0 Å². The SMILES string of the molecule is C[C@@H]1CC(=O)Nc2cc(S(=O)(=O)CCC(=O)Nc3ccc(OC(F)(F)F)cc3)ccc2S1. The van der Waals surface area contributed by atoms with Gasteiger partial charge in [-0.15, -0.1) is 24.9 Å². The molecule has 2 aromatic rings. The Kier molecular flexibility index (Phi) is 7.03. The first-order valence-corrected chi connectivity index (χ1v) is 11.9. The van der Waals surface area contributed by atoms with Crippen molar-refractivity contribution in [2.45, 2.75) is 41.2 Å². The number of thioether (sulfide) groups is 1. The maximum absolute atomic E-state index is 12.7. The van der Waals surface area contributed by atoms with Crippen LogP contribution in [0.3, 0.4) is 0 Å². The Morgan fingerprint density at radius 1 is 1.22 bits per heavy atom. The highest BCUT2D eigenvalue weighted by Crippen LogP contribution is 2.36. The van der Waals surface area contributed by atoms with Gasteiger partial charge in [-0.1, -0.05) is 6.92 Å². The lowest BCUT2D eigenvalue weighted by Gasteiger charge is -2.11. The third kappa shape index (κ3) is 6.63. The maximum atomic E-state index is 12.7. The summed E-state index contributed by atoms with van der Waals surface area (Å²) in [6.45, 7) is 1.90. The molecule has 0 unspecified atom stereocenters. The third-order valence-corrected chi connectivity index (χ3v) is 7.25. The van der Waals surface area contributed by atoms with Crippen LogP contribution in [-0.2, 0) is 19.4 Å². The summed E-state index contributed by atoms with van der Waals surface area (Å²) in [7, 11) is -3.82.